The van der Waals surface area contributed by atoms with E-state index in [-0.39, 0.29) is 23.8 Å². The topological polar surface area (TPSA) is 56.6 Å². The zero-order valence-electron chi connectivity index (χ0n) is 21.3. The minimum absolute atomic E-state index is 0.0426. The highest BCUT2D eigenvalue weighted by Gasteiger charge is 2.31. The van der Waals surface area contributed by atoms with Gasteiger partial charge in [-0.2, -0.15) is 0 Å². The Labute approximate surface area is 222 Å². The molecule has 0 N–H and O–H groups in total. The lowest BCUT2D eigenvalue weighted by Gasteiger charge is -2.31. The lowest BCUT2D eigenvalue weighted by molar-refractivity contribution is 0.0455. The Hall–Kier alpha value is -1.17. The van der Waals surface area contributed by atoms with Crippen LogP contribution in [0.3, 0.4) is 0 Å². The lowest BCUT2D eigenvalue weighted by atomic mass is 10.1. The molecule has 1 unspecified atom stereocenters. The Kier molecular flexibility index (Phi) is 10.4. The Bertz CT molecular complexity index is 987. The zero-order valence-corrected chi connectivity index (χ0v) is 25.2. The number of rotatable bonds is 10. The van der Waals surface area contributed by atoms with Crippen molar-refractivity contribution in [2.45, 2.75) is 85.2 Å². The van der Waals surface area contributed by atoms with Gasteiger partial charge in [0.25, 0.3) is 0 Å². The molecule has 1 amide bonds. The van der Waals surface area contributed by atoms with E-state index in [0.29, 0.717) is 18.0 Å². The molecule has 2 aromatic rings. The molecular weight excluding hydrogens is 588 g/mol. The number of ether oxygens (including phenoxy) is 2. The quantitative estimate of drug-likeness (QED) is 0.159. The lowest BCUT2D eigenvalue weighted by Crippen LogP contribution is -2.43. The molecule has 0 aliphatic rings. The van der Waals surface area contributed by atoms with Crippen molar-refractivity contribution in [3.63, 3.8) is 0 Å². The molecule has 0 aliphatic heterocycles. The van der Waals surface area contributed by atoms with Gasteiger partial charge in [0.1, 0.15) is 16.2 Å². The van der Waals surface area contributed by atoms with Crippen LogP contribution in [0, 0.1) is 16.4 Å². The van der Waals surface area contributed by atoms with Gasteiger partial charge in [0.15, 0.2) is 11.9 Å². The minimum Gasteiger partial charge on any atom is -0.433 e. The molecule has 34 heavy (non-hydrogen) atoms. The number of aromatic nitrogens is 2. The summed E-state index contributed by atoms with van der Waals surface area (Å²) in [5, 5.41) is -0.0426. The number of nitrogens with zero attached hydrogens (tertiary/aromatic N) is 3. The van der Waals surface area contributed by atoms with E-state index >= 15 is 0 Å². The molecule has 1 heterocycles. The van der Waals surface area contributed by atoms with Crippen LogP contribution in [-0.2, 0) is 16.2 Å². The third-order valence-electron chi connectivity index (χ3n) is 5.43. The number of carbonyl (C=O) groups excluding carboxylic acids is 1. The molecule has 0 spiro atoms. The fourth-order valence-electron chi connectivity index (χ4n) is 3.55. The Balaban J connectivity index is 2.47. The standard InChI is InChI=1S/C24H36ClFIN3O3Si/c1-15(2)30(16(3)4)24(31)33-21(18-9-10-20(26)19(25)13-18)23-28-22(27)17(5)29(23)14-32-11-12-34(6,7)8/h9-10,13,15-16,21H,11-12,14H2,1-8H3. The zero-order chi connectivity index (χ0) is 25.8. The van der Waals surface area contributed by atoms with E-state index < -0.39 is 26.1 Å². The number of imidazole rings is 1. The third-order valence-corrected chi connectivity index (χ3v) is 8.45. The van der Waals surface area contributed by atoms with E-state index in [9.17, 15) is 9.18 Å². The molecule has 0 saturated carbocycles. The molecule has 190 valence electrons. The van der Waals surface area contributed by atoms with Crippen molar-refractivity contribution in [1.29, 1.82) is 0 Å². The molecule has 0 bridgehead atoms. The van der Waals surface area contributed by atoms with Crippen molar-refractivity contribution in [2.75, 3.05) is 6.61 Å². The van der Waals surface area contributed by atoms with Crippen LogP contribution in [0.4, 0.5) is 9.18 Å². The van der Waals surface area contributed by atoms with Crippen LogP contribution in [0.2, 0.25) is 30.7 Å². The maximum absolute atomic E-state index is 13.9. The first-order valence-corrected chi connectivity index (χ1v) is 16.6. The average molecular weight is 624 g/mol. The predicted molar refractivity (Wildman–Crippen MR) is 146 cm³/mol. The van der Waals surface area contributed by atoms with Crippen LogP contribution >= 0.6 is 34.2 Å². The van der Waals surface area contributed by atoms with Crippen molar-refractivity contribution in [3.8, 4) is 0 Å². The molecule has 2 rings (SSSR count). The number of hydrogen-bond donors (Lipinski definition) is 0. The summed E-state index contributed by atoms with van der Waals surface area (Å²) in [5.41, 5.74) is 1.44. The van der Waals surface area contributed by atoms with Gasteiger partial charge >= 0.3 is 6.09 Å². The van der Waals surface area contributed by atoms with Gasteiger partial charge in [-0.15, -0.1) is 0 Å². The van der Waals surface area contributed by atoms with Gasteiger partial charge in [0.05, 0.1) is 10.7 Å². The highest BCUT2D eigenvalue weighted by atomic mass is 127. The maximum atomic E-state index is 13.9. The normalized spacial score (nSPS) is 13.0. The molecule has 0 aliphatic carbocycles. The smallest absolute Gasteiger partial charge is 0.411 e. The number of amides is 1. The predicted octanol–water partition coefficient (Wildman–Crippen LogP) is 7.25. The summed E-state index contributed by atoms with van der Waals surface area (Å²) in [6, 6.07) is 5.25. The van der Waals surface area contributed by atoms with Gasteiger partial charge in [0, 0.05) is 32.3 Å². The first kappa shape index (κ1) is 29.1. The summed E-state index contributed by atoms with van der Waals surface area (Å²) >= 11 is 8.25. The van der Waals surface area contributed by atoms with Crippen LogP contribution in [0.15, 0.2) is 18.2 Å². The van der Waals surface area contributed by atoms with Gasteiger partial charge in [-0.25, -0.2) is 14.2 Å². The van der Waals surface area contributed by atoms with Crippen LogP contribution < -0.4 is 0 Å². The largest absolute Gasteiger partial charge is 0.433 e. The van der Waals surface area contributed by atoms with Crippen molar-refractivity contribution >= 4 is 48.4 Å². The van der Waals surface area contributed by atoms with Crippen molar-refractivity contribution < 1.29 is 18.7 Å². The van der Waals surface area contributed by atoms with Crippen LogP contribution in [0.1, 0.15) is 50.9 Å². The van der Waals surface area contributed by atoms with E-state index in [1.807, 2.05) is 39.2 Å². The Morgan fingerprint density at radius 3 is 2.38 bits per heavy atom. The van der Waals surface area contributed by atoms with Crippen LogP contribution in [-0.4, -0.2) is 47.3 Å². The fraction of sp³-hybridized carbons (Fsp3) is 0.583. The second kappa shape index (κ2) is 12.2. The molecule has 6 nitrogen and oxygen atoms in total. The van der Waals surface area contributed by atoms with Crippen molar-refractivity contribution in [2.24, 2.45) is 0 Å². The SMILES string of the molecule is Cc1c(I)nc(C(OC(=O)N(C(C)C)C(C)C)c2ccc(F)c(Cl)c2)n1COCC[Si](C)(C)C. The second-order valence-electron chi connectivity index (χ2n) is 10.2. The summed E-state index contributed by atoms with van der Waals surface area (Å²) < 4.78 is 28.7. The van der Waals surface area contributed by atoms with E-state index in [1.54, 1.807) is 11.0 Å². The number of benzene rings is 1. The third kappa shape index (κ3) is 7.66. The average Bonchev–Trinajstić information content (AvgIpc) is 2.98. The maximum Gasteiger partial charge on any atom is 0.411 e. The number of halogens is 3. The molecule has 0 saturated heterocycles. The first-order chi connectivity index (χ1) is 15.7. The van der Waals surface area contributed by atoms with Gasteiger partial charge in [-0.05, 0) is 75.4 Å². The number of carbonyl (C=O) groups is 1. The summed E-state index contributed by atoms with van der Waals surface area (Å²) in [5.74, 6) is -0.0244. The van der Waals surface area contributed by atoms with E-state index in [1.165, 1.54) is 12.1 Å². The fourth-order valence-corrected chi connectivity index (χ4v) is 5.03. The summed E-state index contributed by atoms with van der Waals surface area (Å²) in [6.07, 6.45) is -1.36. The molecule has 1 atom stereocenters. The Morgan fingerprint density at radius 2 is 1.85 bits per heavy atom. The van der Waals surface area contributed by atoms with Crippen molar-refractivity contribution in [1.82, 2.24) is 14.5 Å². The highest BCUT2D eigenvalue weighted by Crippen LogP contribution is 2.32. The van der Waals surface area contributed by atoms with Gasteiger partial charge in [0.2, 0.25) is 0 Å². The molecule has 0 fully saturated rings. The van der Waals surface area contributed by atoms with Gasteiger partial charge < -0.3 is 18.9 Å². The summed E-state index contributed by atoms with van der Waals surface area (Å²) in [7, 11) is -1.24. The first-order valence-electron chi connectivity index (χ1n) is 11.5. The summed E-state index contributed by atoms with van der Waals surface area (Å²) in [6.45, 7) is 17.5. The van der Waals surface area contributed by atoms with Gasteiger partial charge in [-0.1, -0.05) is 37.3 Å². The van der Waals surface area contributed by atoms with E-state index in [4.69, 9.17) is 26.1 Å². The molecule has 1 aromatic carbocycles. The monoisotopic (exact) mass is 623 g/mol. The van der Waals surface area contributed by atoms with E-state index in [0.717, 1.165) is 15.4 Å². The Morgan fingerprint density at radius 1 is 1.24 bits per heavy atom. The molecule has 10 heteroatoms. The van der Waals surface area contributed by atoms with Gasteiger partial charge in [-0.3, -0.25) is 0 Å². The summed E-state index contributed by atoms with van der Waals surface area (Å²) in [4.78, 5) is 19.6. The van der Waals surface area contributed by atoms with Crippen LogP contribution in [0.25, 0.3) is 0 Å². The van der Waals surface area contributed by atoms with E-state index in [2.05, 4.69) is 42.2 Å². The minimum atomic E-state index is -1.24. The molecule has 0 radical (unpaired) electrons. The number of hydrogen-bond acceptors (Lipinski definition) is 4. The van der Waals surface area contributed by atoms with Crippen molar-refractivity contribution in [3.05, 3.63) is 49.8 Å². The van der Waals surface area contributed by atoms with Crippen LogP contribution in [0.5, 0.6) is 0 Å². The highest BCUT2D eigenvalue weighted by molar-refractivity contribution is 14.1. The molecule has 1 aromatic heterocycles. The second-order valence-corrected chi connectivity index (χ2v) is 17.2. The molecular formula is C24H36ClFIN3O3Si.